The molecule has 0 amide bonds. The zero-order valence-corrected chi connectivity index (χ0v) is 17.8. The first-order valence-corrected chi connectivity index (χ1v) is 9.61. The minimum atomic E-state index is 0.365. The van der Waals surface area contributed by atoms with Crippen LogP contribution in [0.2, 0.25) is 0 Å². The van der Waals surface area contributed by atoms with Crippen molar-refractivity contribution in [2.75, 3.05) is 7.05 Å². The molecule has 2 aliphatic rings. The van der Waals surface area contributed by atoms with Crippen LogP contribution in [0.15, 0.2) is 80.6 Å². The monoisotopic (exact) mass is 373 g/mol. The van der Waals surface area contributed by atoms with Crippen LogP contribution in [0.5, 0.6) is 0 Å². The van der Waals surface area contributed by atoms with E-state index in [0.29, 0.717) is 12.3 Å². The van der Waals surface area contributed by atoms with E-state index in [-0.39, 0.29) is 0 Å². The van der Waals surface area contributed by atoms with Crippen molar-refractivity contribution >= 4 is 11.5 Å². The predicted octanol–water partition coefficient (Wildman–Crippen LogP) is 5.68. The molecule has 0 saturated heterocycles. The smallest absolute Gasteiger partial charge is 0.103 e. The molecule has 0 aromatic carbocycles. The standard InChI is InChI=1S/C25H31N3/c1-9-10-22(19(6)26-8)25(18(5)13-16(2)3)17(4)11-12-21-15-27-20(7)28-24-14-23(21)24/h1,11,14-15,23H,2,5,10,12-13H2,3-4,6-8H3,(H,27,28)/b17-11-,25-22-,26-19?. The summed E-state index contributed by atoms with van der Waals surface area (Å²) in [5.74, 6) is 4.09. The van der Waals surface area contributed by atoms with Gasteiger partial charge in [-0.1, -0.05) is 24.8 Å². The van der Waals surface area contributed by atoms with E-state index in [1.54, 1.807) is 7.05 Å². The van der Waals surface area contributed by atoms with Gasteiger partial charge in [0.15, 0.2) is 0 Å². The maximum atomic E-state index is 5.66. The van der Waals surface area contributed by atoms with Gasteiger partial charge in [-0.05, 0) is 74.5 Å². The van der Waals surface area contributed by atoms with Crippen LogP contribution in [0.1, 0.15) is 47.0 Å². The van der Waals surface area contributed by atoms with Crippen molar-refractivity contribution in [1.82, 2.24) is 5.32 Å². The van der Waals surface area contributed by atoms with Gasteiger partial charge in [-0.15, -0.1) is 12.3 Å². The summed E-state index contributed by atoms with van der Waals surface area (Å²) in [6.07, 6.45) is 14.3. The summed E-state index contributed by atoms with van der Waals surface area (Å²) in [5.41, 5.74) is 8.90. The van der Waals surface area contributed by atoms with Crippen molar-refractivity contribution < 1.29 is 0 Å². The third kappa shape index (κ3) is 5.33. The molecule has 3 nitrogen and oxygen atoms in total. The first-order chi connectivity index (χ1) is 13.3. The van der Waals surface area contributed by atoms with Gasteiger partial charge in [0, 0.05) is 31.3 Å². The fourth-order valence-electron chi connectivity index (χ4n) is 3.42. The number of hydrogen-bond acceptors (Lipinski definition) is 3. The minimum Gasteiger partial charge on any atom is -0.350 e. The lowest BCUT2D eigenvalue weighted by Crippen LogP contribution is -2.12. The van der Waals surface area contributed by atoms with Gasteiger partial charge in [0.2, 0.25) is 0 Å². The summed E-state index contributed by atoms with van der Waals surface area (Å²) in [7, 11) is 1.80. The SMILES string of the molecule is C#CC/C(C(C)=NC)=C(C(=C)CC(=C)C)\C(C)=C/CC1=CNC(C)=NC2=CC12. The highest BCUT2D eigenvalue weighted by molar-refractivity contribution is 6.00. The third-order valence-electron chi connectivity index (χ3n) is 4.97. The molecule has 0 radical (unpaired) electrons. The van der Waals surface area contributed by atoms with Gasteiger partial charge in [-0.3, -0.25) is 4.99 Å². The summed E-state index contributed by atoms with van der Waals surface area (Å²) in [6.45, 7) is 16.5. The van der Waals surface area contributed by atoms with Crippen molar-refractivity contribution in [2.45, 2.75) is 47.0 Å². The molecule has 1 atom stereocenters. The quantitative estimate of drug-likeness (QED) is 0.253. The van der Waals surface area contributed by atoms with Crippen molar-refractivity contribution in [1.29, 1.82) is 0 Å². The second kappa shape index (κ2) is 9.37. The van der Waals surface area contributed by atoms with Crippen LogP contribution in [0.3, 0.4) is 0 Å². The highest BCUT2D eigenvalue weighted by Crippen LogP contribution is 2.40. The van der Waals surface area contributed by atoms with Gasteiger partial charge in [0.05, 0.1) is 5.70 Å². The first-order valence-electron chi connectivity index (χ1n) is 9.61. The van der Waals surface area contributed by atoms with Crippen LogP contribution in [-0.2, 0) is 0 Å². The second-order valence-corrected chi connectivity index (χ2v) is 7.50. The van der Waals surface area contributed by atoms with Crippen LogP contribution in [0.4, 0.5) is 0 Å². The Morgan fingerprint density at radius 1 is 1.36 bits per heavy atom. The van der Waals surface area contributed by atoms with Crippen molar-refractivity contribution in [3.8, 4) is 12.3 Å². The molecule has 1 aliphatic carbocycles. The summed E-state index contributed by atoms with van der Waals surface area (Å²) in [6, 6.07) is 0. The number of allylic oxidation sites excluding steroid dienone is 8. The van der Waals surface area contributed by atoms with Crippen molar-refractivity contribution in [3.05, 3.63) is 70.6 Å². The maximum absolute atomic E-state index is 5.66. The summed E-state index contributed by atoms with van der Waals surface area (Å²) < 4.78 is 0. The van der Waals surface area contributed by atoms with Crippen LogP contribution in [0.25, 0.3) is 0 Å². The van der Waals surface area contributed by atoms with Crippen molar-refractivity contribution in [2.24, 2.45) is 15.9 Å². The number of hydrogen-bond donors (Lipinski definition) is 1. The Labute approximate surface area is 170 Å². The molecular formula is C25H31N3. The zero-order chi connectivity index (χ0) is 20.8. The average Bonchev–Trinajstić information content (AvgIpc) is 3.39. The number of nitrogens with zero attached hydrogens (tertiary/aromatic N) is 2. The maximum Gasteiger partial charge on any atom is 0.103 e. The van der Waals surface area contributed by atoms with Crippen molar-refractivity contribution in [3.63, 3.8) is 0 Å². The normalized spacial score (nSPS) is 19.7. The molecule has 0 saturated carbocycles. The Balaban J connectivity index is 2.37. The molecule has 146 valence electrons. The molecule has 0 aromatic rings. The van der Waals surface area contributed by atoms with E-state index in [9.17, 15) is 0 Å². The molecule has 2 rings (SSSR count). The lowest BCUT2D eigenvalue weighted by molar-refractivity contribution is 0.967. The van der Waals surface area contributed by atoms with Gasteiger partial charge in [-0.25, -0.2) is 4.99 Å². The van der Waals surface area contributed by atoms with Gasteiger partial charge < -0.3 is 5.32 Å². The number of fused-ring (bicyclic) bond motifs is 1. The molecule has 1 heterocycles. The molecule has 0 fully saturated rings. The van der Waals surface area contributed by atoms with E-state index in [1.807, 2.05) is 20.8 Å². The van der Waals surface area contributed by atoms with Crippen LogP contribution in [-0.4, -0.2) is 18.6 Å². The highest BCUT2D eigenvalue weighted by atomic mass is 15.0. The molecule has 0 spiro atoms. The van der Waals surface area contributed by atoms with E-state index < -0.39 is 0 Å². The van der Waals surface area contributed by atoms with Crippen LogP contribution < -0.4 is 5.32 Å². The molecule has 1 aliphatic heterocycles. The van der Waals surface area contributed by atoms with E-state index in [0.717, 1.165) is 52.4 Å². The fraction of sp³-hybridized carbons (Fsp3) is 0.360. The van der Waals surface area contributed by atoms with E-state index in [1.165, 1.54) is 11.1 Å². The highest BCUT2D eigenvalue weighted by Gasteiger charge is 2.29. The number of terminal acetylenes is 1. The van der Waals surface area contributed by atoms with Crippen LogP contribution in [0, 0.1) is 18.3 Å². The third-order valence-corrected chi connectivity index (χ3v) is 4.97. The molecule has 3 heteroatoms. The minimum absolute atomic E-state index is 0.365. The Hall–Kier alpha value is -2.86. The first kappa shape index (κ1) is 21.4. The molecule has 1 N–H and O–H groups in total. The Kier molecular flexibility index (Phi) is 7.18. The number of aliphatic imine (C=N–C) groups is 2. The van der Waals surface area contributed by atoms with Crippen LogP contribution >= 0.6 is 0 Å². The number of amidine groups is 1. The average molecular weight is 374 g/mol. The predicted molar refractivity (Wildman–Crippen MR) is 122 cm³/mol. The largest absolute Gasteiger partial charge is 0.350 e. The Morgan fingerprint density at radius 3 is 2.68 bits per heavy atom. The Bertz CT molecular complexity index is 908. The number of nitrogens with one attached hydrogen (secondary N) is 1. The van der Waals surface area contributed by atoms with Gasteiger partial charge in [0.1, 0.15) is 5.84 Å². The topological polar surface area (TPSA) is 36.8 Å². The van der Waals surface area contributed by atoms with Gasteiger partial charge in [-0.2, -0.15) is 0 Å². The molecule has 1 unspecified atom stereocenters. The van der Waals surface area contributed by atoms with Gasteiger partial charge >= 0.3 is 0 Å². The lowest BCUT2D eigenvalue weighted by atomic mass is 9.87. The second-order valence-electron chi connectivity index (χ2n) is 7.50. The fourth-order valence-corrected chi connectivity index (χ4v) is 3.42. The van der Waals surface area contributed by atoms with E-state index in [4.69, 9.17) is 6.42 Å². The Morgan fingerprint density at radius 2 is 2.07 bits per heavy atom. The molecule has 28 heavy (non-hydrogen) atoms. The molecule has 0 aromatic heterocycles. The summed E-state index contributed by atoms with van der Waals surface area (Å²) in [5, 5.41) is 3.26. The lowest BCUT2D eigenvalue weighted by Gasteiger charge is -2.18. The summed E-state index contributed by atoms with van der Waals surface area (Å²) >= 11 is 0. The summed E-state index contributed by atoms with van der Waals surface area (Å²) in [4.78, 5) is 8.92. The molecule has 0 bridgehead atoms. The van der Waals surface area contributed by atoms with E-state index in [2.05, 4.69) is 59.7 Å². The van der Waals surface area contributed by atoms with Gasteiger partial charge in [0.25, 0.3) is 0 Å². The van der Waals surface area contributed by atoms with E-state index >= 15 is 0 Å². The zero-order valence-electron chi connectivity index (χ0n) is 17.8. The molecular weight excluding hydrogens is 342 g/mol. The number of rotatable bonds is 8.